The molecule has 3 heterocycles. The van der Waals surface area contributed by atoms with Crippen molar-refractivity contribution in [3.8, 4) is 17.5 Å². The maximum absolute atomic E-state index is 14.8. The molecule has 39 heavy (non-hydrogen) atoms. The van der Waals surface area contributed by atoms with E-state index < -0.39 is 29.6 Å². The van der Waals surface area contributed by atoms with Crippen LogP contribution in [0.2, 0.25) is 0 Å². The molecule has 1 aliphatic heterocycles. The molecule has 5 aromatic rings. The summed E-state index contributed by atoms with van der Waals surface area (Å²) in [5.74, 6) is -3.36. The van der Waals surface area contributed by atoms with Crippen LogP contribution in [0.5, 0.6) is 5.75 Å². The molecule has 0 aliphatic carbocycles. The van der Waals surface area contributed by atoms with Gasteiger partial charge in [-0.15, -0.1) is 0 Å². The third-order valence-electron chi connectivity index (χ3n) is 6.44. The number of anilines is 1. The van der Waals surface area contributed by atoms with Crippen LogP contribution in [0.3, 0.4) is 0 Å². The Balaban J connectivity index is 1.51. The molecule has 6 rings (SSSR count). The first kappa shape index (κ1) is 23.9. The molecule has 10 heteroatoms. The lowest BCUT2D eigenvalue weighted by Gasteiger charge is -2.23. The van der Waals surface area contributed by atoms with E-state index in [2.05, 4.69) is 16.2 Å². The van der Waals surface area contributed by atoms with Crippen LogP contribution in [0.15, 0.2) is 79.1 Å². The Morgan fingerprint density at radius 1 is 0.974 bits per heavy atom. The molecule has 2 amide bonds. The number of carbonyl (C=O) groups excluding carboxylic acids is 2. The molecule has 8 nitrogen and oxygen atoms in total. The summed E-state index contributed by atoms with van der Waals surface area (Å²) in [7, 11) is 0. The van der Waals surface area contributed by atoms with Crippen molar-refractivity contribution >= 4 is 28.5 Å². The van der Waals surface area contributed by atoms with Crippen molar-refractivity contribution in [1.82, 2.24) is 14.8 Å². The van der Waals surface area contributed by atoms with E-state index in [1.807, 2.05) is 0 Å². The van der Waals surface area contributed by atoms with E-state index in [4.69, 9.17) is 4.74 Å². The fourth-order valence-corrected chi connectivity index (χ4v) is 4.63. The number of pyridine rings is 1. The van der Waals surface area contributed by atoms with E-state index in [0.717, 1.165) is 11.0 Å². The minimum Gasteiger partial charge on any atom is -0.482 e. The van der Waals surface area contributed by atoms with E-state index >= 15 is 0 Å². The maximum Gasteiger partial charge on any atom is 0.267 e. The Kier molecular flexibility index (Phi) is 5.61. The van der Waals surface area contributed by atoms with Crippen LogP contribution in [-0.2, 0) is 0 Å². The molecule has 0 spiro atoms. The van der Waals surface area contributed by atoms with Gasteiger partial charge in [0.2, 0.25) is 0 Å². The monoisotopic (exact) mass is 521 g/mol. The SMILES string of the molecule is C[C@H](Oc1cc2cc(F)cc(F)c2nc1N1C(=O)c2ccccc2C1=O)c1cc(C#N)ccc1-n1cccn1. The van der Waals surface area contributed by atoms with Gasteiger partial charge in [0.15, 0.2) is 17.4 Å². The summed E-state index contributed by atoms with van der Waals surface area (Å²) < 4.78 is 36.7. The number of hydrogen-bond donors (Lipinski definition) is 0. The van der Waals surface area contributed by atoms with Crippen LogP contribution in [-0.4, -0.2) is 26.6 Å². The summed E-state index contributed by atoms with van der Waals surface area (Å²) in [6.07, 6.45) is 2.55. The highest BCUT2D eigenvalue weighted by Crippen LogP contribution is 2.39. The van der Waals surface area contributed by atoms with Crippen molar-refractivity contribution in [3.63, 3.8) is 0 Å². The summed E-state index contributed by atoms with van der Waals surface area (Å²) in [6.45, 7) is 1.70. The van der Waals surface area contributed by atoms with Gasteiger partial charge in [-0.25, -0.2) is 23.3 Å². The van der Waals surface area contributed by atoms with Crippen LogP contribution in [0.25, 0.3) is 16.6 Å². The zero-order chi connectivity index (χ0) is 27.3. The molecule has 190 valence electrons. The lowest BCUT2D eigenvalue weighted by molar-refractivity contribution is 0.0922. The van der Waals surface area contributed by atoms with Crippen LogP contribution in [0.4, 0.5) is 14.6 Å². The van der Waals surface area contributed by atoms with Gasteiger partial charge in [0, 0.05) is 29.4 Å². The highest BCUT2D eigenvalue weighted by atomic mass is 19.1. The van der Waals surface area contributed by atoms with E-state index in [1.165, 1.54) is 18.2 Å². The number of carbonyl (C=O) groups is 2. The largest absolute Gasteiger partial charge is 0.482 e. The molecule has 2 aromatic heterocycles. The number of ether oxygens (including phenoxy) is 1. The lowest BCUT2D eigenvalue weighted by Crippen LogP contribution is -2.31. The number of aromatic nitrogens is 3. The topological polar surface area (TPSA) is 101 Å². The molecule has 0 radical (unpaired) electrons. The summed E-state index contributed by atoms with van der Waals surface area (Å²) in [5.41, 5.74) is 1.68. The Morgan fingerprint density at radius 3 is 2.38 bits per heavy atom. The number of nitrogens with zero attached hydrogens (tertiary/aromatic N) is 5. The average Bonchev–Trinajstić information content (AvgIpc) is 3.55. The summed E-state index contributed by atoms with van der Waals surface area (Å²) in [5, 5.41) is 13.8. The standard InChI is InChI=1S/C29H17F2N5O3/c1-16(22-11-17(15-32)7-8-24(22)35-10-4-9-33-35)39-25-13-18-12-19(30)14-23(31)26(18)34-27(25)36-28(37)20-5-2-3-6-21(20)29(36)38/h2-14,16H,1H3/t16-/m0/s1. The fraction of sp³-hybridized carbons (Fsp3) is 0.0690. The van der Waals surface area contributed by atoms with Gasteiger partial charge >= 0.3 is 0 Å². The first-order valence-corrected chi connectivity index (χ1v) is 11.8. The van der Waals surface area contributed by atoms with Gasteiger partial charge in [-0.3, -0.25) is 9.59 Å². The Labute approximate surface area is 220 Å². The normalized spacial score (nSPS) is 13.4. The van der Waals surface area contributed by atoms with Gasteiger partial charge in [0.1, 0.15) is 17.4 Å². The van der Waals surface area contributed by atoms with E-state index in [0.29, 0.717) is 22.9 Å². The fourth-order valence-electron chi connectivity index (χ4n) is 4.63. The number of hydrogen-bond acceptors (Lipinski definition) is 6. The molecular weight excluding hydrogens is 504 g/mol. The maximum atomic E-state index is 14.8. The van der Waals surface area contributed by atoms with E-state index in [1.54, 1.807) is 60.4 Å². The zero-order valence-electron chi connectivity index (χ0n) is 20.3. The van der Waals surface area contributed by atoms with Crippen LogP contribution < -0.4 is 9.64 Å². The van der Waals surface area contributed by atoms with E-state index in [9.17, 15) is 23.6 Å². The van der Waals surface area contributed by atoms with Gasteiger partial charge in [0.25, 0.3) is 11.8 Å². The Hall–Kier alpha value is -5.43. The molecule has 0 saturated carbocycles. The summed E-state index contributed by atoms with van der Waals surface area (Å²) in [6, 6.07) is 18.2. The lowest BCUT2D eigenvalue weighted by atomic mass is 10.0. The van der Waals surface area contributed by atoms with Crippen molar-refractivity contribution in [1.29, 1.82) is 5.26 Å². The molecule has 3 aromatic carbocycles. The molecule has 1 atom stereocenters. The van der Waals surface area contributed by atoms with Gasteiger partial charge in [0.05, 0.1) is 28.4 Å². The summed E-state index contributed by atoms with van der Waals surface area (Å²) in [4.78, 5) is 31.7. The van der Waals surface area contributed by atoms with Crippen molar-refractivity contribution in [2.45, 2.75) is 13.0 Å². The molecule has 0 bridgehead atoms. The average molecular weight is 521 g/mol. The highest BCUT2D eigenvalue weighted by Gasteiger charge is 2.39. The number of imide groups is 1. The third-order valence-corrected chi connectivity index (χ3v) is 6.44. The molecular formula is C29H17F2N5O3. The zero-order valence-corrected chi connectivity index (χ0v) is 20.3. The number of nitriles is 1. The van der Waals surface area contributed by atoms with Crippen molar-refractivity contribution in [2.75, 3.05) is 4.90 Å². The summed E-state index contributed by atoms with van der Waals surface area (Å²) >= 11 is 0. The van der Waals surface area contributed by atoms with E-state index in [-0.39, 0.29) is 33.6 Å². The molecule has 0 saturated heterocycles. The van der Waals surface area contributed by atoms with Crippen molar-refractivity contribution in [2.24, 2.45) is 0 Å². The molecule has 0 fully saturated rings. The first-order valence-electron chi connectivity index (χ1n) is 11.8. The van der Waals surface area contributed by atoms with Gasteiger partial charge < -0.3 is 4.74 Å². The number of fused-ring (bicyclic) bond motifs is 2. The van der Waals surface area contributed by atoms with Crippen LogP contribution in [0.1, 0.15) is 44.9 Å². The first-order chi connectivity index (χ1) is 18.9. The number of rotatable bonds is 5. The molecule has 0 unspecified atom stereocenters. The molecule has 1 aliphatic rings. The number of halogens is 2. The van der Waals surface area contributed by atoms with Crippen molar-refractivity contribution < 1.29 is 23.1 Å². The van der Waals surface area contributed by atoms with Crippen LogP contribution in [0, 0.1) is 23.0 Å². The number of amides is 2. The quantitative estimate of drug-likeness (QED) is 0.283. The van der Waals surface area contributed by atoms with Gasteiger partial charge in [-0.2, -0.15) is 10.4 Å². The smallest absolute Gasteiger partial charge is 0.267 e. The second-order valence-electron chi connectivity index (χ2n) is 8.86. The predicted octanol–water partition coefficient (Wildman–Crippen LogP) is 5.51. The van der Waals surface area contributed by atoms with Crippen molar-refractivity contribution in [3.05, 3.63) is 113 Å². The minimum atomic E-state index is -0.954. The van der Waals surface area contributed by atoms with Gasteiger partial charge in [-0.05, 0) is 55.5 Å². The second kappa shape index (κ2) is 9.15. The van der Waals surface area contributed by atoms with Crippen LogP contribution >= 0.6 is 0 Å². The molecule has 0 N–H and O–H groups in total. The second-order valence-corrected chi connectivity index (χ2v) is 8.86. The minimum absolute atomic E-state index is 0.0525. The van der Waals surface area contributed by atoms with Gasteiger partial charge in [-0.1, -0.05) is 12.1 Å². The Bertz CT molecular complexity index is 1810. The third kappa shape index (κ3) is 3.97. The highest BCUT2D eigenvalue weighted by molar-refractivity contribution is 6.34. The Morgan fingerprint density at radius 2 is 1.72 bits per heavy atom. The number of benzene rings is 3. The predicted molar refractivity (Wildman–Crippen MR) is 137 cm³/mol.